The van der Waals surface area contributed by atoms with Gasteiger partial charge in [0.1, 0.15) is 0 Å². The summed E-state index contributed by atoms with van der Waals surface area (Å²) in [5.74, 6) is 0. The average Bonchev–Trinajstić information content (AvgIpc) is 2.94. The fraction of sp³-hybridized carbons (Fsp3) is 0.143. The zero-order valence-corrected chi connectivity index (χ0v) is 11.7. The highest BCUT2D eigenvalue weighted by Crippen LogP contribution is 2.21. The first-order chi connectivity index (χ1) is 8.33. The molecule has 0 radical (unpaired) electrons. The summed E-state index contributed by atoms with van der Waals surface area (Å²) in [6.07, 6.45) is 3.27. The summed E-state index contributed by atoms with van der Waals surface area (Å²) in [7, 11) is 0. The lowest BCUT2D eigenvalue weighted by atomic mass is 10.2. The van der Waals surface area contributed by atoms with E-state index >= 15 is 0 Å². The SMILES string of the molecule is Brc1ccc2ccn(CCc3ccsc3)c2c1. The molecule has 0 spiro atoms. The van der Waals surface area contributed by atoms with Gasteiger partial charge in [0.2, 0.25) is 0 Å². The van der Waals surface area contributed by atoms with Gasteiger partial charge in [-0.3, -0.25) is 0 Å². The Morgan fingerprint density at radius 2 is 2.12 bits per heavy atom. The Morgan fingerprint density at radius 3 is 2.94 bits per heavy atom. The van der Waals surface area contributed by atoms with Crippen LogP contribution < -0.4 is 0 Å². The number of halogens is 1. The van der Waals surface area contributed by atoms with Crippen LogP contribution in [0.4, 0.5) is 0 Å². The Labute approximate surface area is 113 Å². The molecule has 0 amide bonds. The Bertz CT molecular complexity index is 625. The quantitative estimate of drug-likeness (QED) is 0.660. The van der Waals surface area contributed by atoms with Crippen molar-refractivity contribution in [1.82, 2.24) is 4.57 Å². The van der Waals surface area contributed by atoms with E-state index in [0.717, 1.165) is 17.4 Å². The van der Waals surface area contributed by atoms with Crippen molar-refractivity contribution in [3.05, 3.63) is 57.3 Å². The predicted molar refractivity (Wildman–Crippen MR) is 77.7 cm³/mol. The lowest BCUT2D eigenvalue weighted by Gasteiger charge is -2.04. The Kier molecular flexibility index (Phi) is 3.04. The van der Waals surface area contributed by atoms with Gasteiger partial charge in [-0.25, -0.2) is 0 Å². The molecule has 0 saturated carbocycles. The number of benzene rings is 1. The Morgan fingerprint density at radius 1 is 1.18 bits per heavy atom. The molecule has 0 bridgehead atoms. The monoisotopic (exact) mass is 305 g/mol. The molecule has 2 heterocycles. The van der Waals surface area contributed by atoms with Crippen LogP contribution >= 0.6 is 27.3 Å². The smallest absolute Gasteiger partial charge is 0.0491 e. The molecule has 1 aromatic carbocycles. The molecule has 0 aliphatic heterocycles. The highest BCUT2D eigenvalue weighted by Gasteiger charge is 2.02. The van der Waals surface area contributed by atoms with Crippen LogP contribution in [-0.4, -0.2) is 4.57 Å². The van der Waals surface area contributed by atoms with Gasteiger partial charge in [-0.05, 0) is 52.4 Å². The zero-order valence-electron chi connectivity index (χ0n) is 9.27. The van der Waals surface area contributed by atoms with E-state index in [1.807, 2.05) is 0 Å². The second kappa shape index (κ2) is 4.67. The van der Waals surface area contributed by atoms with Crippen LogP contribution in [0.2, 0.25) is 0 Å². The van der Waals surface area contributed by atoms with Crippen molar-refractivity contribution in [1.29, 1.82) is 0 Å². The summed E-state index contributed by atoms with van der Waals surface area (Å²) in [6, 6.07) is 10.8. The maximum atomic E-state index is 3.53. The topological polar surface area (TPSA) is 4.93 Å². The van der Waals surface area contributed by atoms with Crippen molar-refractivity contribution in [3.8, 4) is 0 Å². The number of aryl methyl sites for hydroxylation is 2. The maximum absolute atomic E-state index is 3.53. The number of fused-ring (bicyclic) bond motifs is 1. The van der Waals surface area contributed by atoms with Crippen molar-refractivity contribution < 1.29 is 0 Å². The van der Waals surface area contributed by atoms with Gasteiger partial charge in [-0.2, -0.15) is 11.3 Å². The number of thiophene rings is 1. The molecule has 3 aromatic rings. The van der Waals surface area contributed by atoms with E-state index in [1.54, 1.807) is 11.3 Å². The second-order valence-electron chi connectivity index (χ2n) is 4.09. The minimum absolute atomic E-state index is 1.04. The van der Waals surface area contributed by atoms with Gasteiger partial charge >= 0.3 is 0 Å². The first kappa shape index (κ1) is 11.1. The molecule has 0 unspecified atom stereocenters. The zero-order chi connectivity index (χ0) is 11.7. The van der Waals surface area contributed by atoms with Crippen molar-refractivity contribution in [2.24, 2.45) is 0 Å². The minimum Gasteiger partial charge on any atom is -0.347 e. The van der Waals surface area contributed by atoms with Gasteiger partial charge in [0.15, 0.2) is 0 Å². The molecule has 2 aromatic heterocycles. The van der Waals surface area contributed by atoms with E-state index in [4.69, 9.17) is 0 Å². The highest BCUT2D eigenvalue weighted by atomic mass is 79.9. The van der Waals surface area contributed by atoms with Crippen LogP contribution in [0.5, 0.6) is 0 Å². The van der Waals surface area contributed by atoms with Gasteiger partial charge in [-0.1, -0.05) is 22.0 Å². The normalized spacial score (nSPS) is 11.1. The third-order valence-electron chi connectivity index (χ3n) is 2.96. The van der Waals surface area contributed by atoms with Crippen molar-refractivity contribution >= 4 is 38.2 Å². The van der Waals surface area contributed by atoms with Gasteiger partial charge in [0.25, 0.3) is 0 Å². The summed E-state index contributed by atoms with van der Waals surface area (Å²) >= 11 is 5.30. The molecule has 3 heteroatoms. The summed E-state index contributed by atoms with van der Waals surface area (Å²) in [5, 5.41) is 5.67. The maximum Gasteiger partial charge on any atom is 0.0491 e. The molecule has 0 aliphatic rings. The number of rotatable bonds is 3. The largest absolute Gasteiger partial charge is 0.347 e. The van der Waals surface area contributed by atoms with Crippen LogP contribution in [0.3, 0.4) is 0 Å². The van der Waals surface area contributed by atoms with Gasteiger partial charge in [0.05, 0.1) is 0 Å². The highest BCUT2D eigenvalue weighted by molar-refractivity contribution is 9.10. The third kappa shape index (κ3) is 2.31. The minimum atomic E-state index is 1.04. The first-order valence-corrected chi connectivity index (χ1v) is 7.32. The second-order valence-corrected chi connectivity index (χ2v) is 5.79. The number of aromatic nitrogens is 1. The molecule has 0 saturated heterocycles. The van der Waals surface area contributed by atoms with Gasteiger partial charge in [-0.15, -0.1) is 0 Å². The van der Waals surface area contributed by atoms with Crippen LogP contribution in [0.1, 0.15) is 5.56 Å². The van der Waals surface area contributed by atoms with E-state index in [-0.39, 0.29) is 0 Å². The summed E-state index contributed by atoms with van der Waals surface area (Å²) in [6.45, 7) is 1.04. The van der Waals surface area contributed by atoms with Crippen LogP contribution in [0.15, 0.2) is 51.8 Å². The molecule has 0 N–H and O–H groups in total. The molecule has 0 atom stereocenters. The molecular weight excluding hydrogens is 294 g/mol. The Balaban J connectivity index is 1.87. The average molecular weight is 306 g/mol. The number of nitrogens with zero attached hydrogens (tertiary/aromatic N) is 1. The molecular formula is C14H12BrNS. The van der Waals surface area contributed by atoms with Crippen molar-refractivity contribution in [2.75, 3.05) is 0 Å². The van der Waals surface area contributed by atoms with Crippen LogP contribution in [-0.2, 0) is 13.0 Å². The van der Waals surface area contributed by atoms with E-state index in [9.17, 15) is 0 Å². The van der Waals surface area contributed by atoms with E-state index in [1.165, 1.54) is 16.5 Å². The summed E-state index contributed by atoms with van der Waals surface area (Å²) in [5.41, 5.74) is 2.72. The third-order valence-corrected chi connectivity index (χ3v) is 4.18. The van der Waals surface area contributed by atoms with Gasteiger partial charge < -0.3 is 4.57 Å². The Hall–Kier alpha value is -1.06. The fourth-order valence-corrected chi connectivity index (χ4v) is 3.09. The summed E-state index contributed by atoms with van der Waals surface area (Å²) < 4.78 is 3.46. The molecule has 86 valence electrons. The lowest BCUT2D eigenvalue weighted by Crippen LogP contribution is -1.98. The van der Waals surface area contributed by atoms with E-state index < -0.39 is 0 Å². The fourth-order valence-electron chi connectivity index (χ4n) is 2.04. The van der Waals surface area contributed by atoms with Crippen molar-refractivity contribution in [2.45, 2.75) is 13.0 Å². The molecule has 3 rings (SSSR count). The summed E-state index contributed by atoms with van der Waals surface area (Å²) in [4.78, 5) is 0. The molecule has 17 heavy (non-hydrogen) atoms. The van der Waals surface area contributed by atoms with E-state index in [0.29, 0.717) is 0 Å². The number of hydrogen-bond donors (Lipinski definition) is 0. The standard InChI is InChI=1S/C14H12BrNS/c15-13-2-1-12-4-7-16(14(12)9-13)6-3-11-5-8-17-10-11/h1-2,4-5,7-10H,3,6H2. The molecule has 0 fully saturated rings. The van der Waals surface area contributed by atoms with Crippen molar-refractivity contribution in [3.63, 3.8) is 0 Å². The molecule has 1 nitrogen and oxygen atoms in total. The van der Waals surface area contributed by atoms with E-state index in [2.05, 4.69) is 67.8 Å². The van der Waals surface area contributed by atoms with Crippen LogP contribution in [0, 0.1) is 0 Å². The van der Waals surface area contributed by atoms with Gasteiger partial charge in [0, 0.05) is 22.7 Å². The molecule has 0 aliphatic carbocycles. The lowest BCUT2D eigenvalue weighted by molar-refractivity contribution is 0.724. The first-order valence-electron chi connectivity index (χ1n) is 5.58. The number of hydrogen-bond acceptors (Lipinski definition) is 1. The van der Waals surface area contributed by atoms with Crippen LogP contribution in [0.25, 0.3) is 10.9 Å². The predicted octanol–water partition coefficient (Wildman–Crippen LogP) is 4.71.